The molecule has 0 aromatic carbocycles. The van der Waals surface area contributed by atoms with E-state index < -0.39 is 5.97 Å². The third-order valence-electron chi connectivity index (χ3n) is 0.787. The van der Waals surface area contributed by atoms with Crippen LogP contribution in [0.15, 0.2) is 12.3 Å². The van der Waals surface area contributed by atoms with E-state index in [1.165, 1.54) is 11.3 Å². The highest BCUT2D eigenvalue weighted by Crippen LogP contribution is 1.91. The van der Waals surface area contributed by atoms with Gasteiger partial charge in [-0.15, -0.1) is 11.6 Å². The molecule has 0 aromatic rings. The van der Waals surface area contributed by atoms with Crippen molar-refractivity contribution in [3.63, 3.8) is 0 Å². The van der Waals surface area contributed by atoms with Crippen LogP contribution in [-0.4, -0.2) is 36.5 Å². The molecule has 0 aliphatic carbocycles. The van der Waals surface area contributed by atoms with Gasteiger partial charge in [0.25, 0.3) is 0 Å². The van der Waals surface area contributed by atoms with E-state index in [1.54, 1.807) is 14.1 Å². The summed E-state index contributed by atoms with van der Waals surface area (Å²) in [5, 5.41) is 8.21. The van der Waals surface area contributed by atoms with Gasteiger partial charge in [-0.3, -0.25) is 0 Å². The second kappa shape index (κ2) is 6.42. The number of aliphatic carboxylic acids is 1. The monoisotopic (exact) mass is 165 g/mol. The van der Waals surface area contributed by atoms with Gasteiger partial charge in [-0.2, -0.15) is 0 Å². The number of likely N-dealkylation sites (N-methyl/N-ethyl adjacent to an activating group) is 1. The highest BCUT2D eigenvalue weighted by Gasteiger charge is 2.02. The van der Waals surface area contributed by atoms with Crippen molar-refractivity contribution in [1.82, 2.24) is 4.90 Å². The second-order valence-corrected chi connectivity index (χ2v) is 1.65. The molecule has 0 bridgehead atoms. The molecule has 10 heavy (non-hydrogen) atoms. The molecule has 0 atom stereocenters. The Labute approximate surface area is 65.9 Å². The van der Waals surface area contributed by atoms with Crippen LogP contribution in [0.5, 0.6) is 0 Å². The highest BCUT2D eigenvalue weighted by atomic mass is 35.5. The lowest BCUT2D eigenvalue weighted by Gasteiger charge is -2.09. The first-order valence-electron chi connectivity index (χ1n) is 2.53. The van der Waals surface area contributed by atoms with Crippen molar-refractivity contribution < 1.29 is 9.90 Å². The largest absolute Gasteiger partial charge is 0.477 e. The van der Waals surface area contributed by atoms with Gasteiger partial charge in [-0.1, -0.05) is 6.58 Å². The fourth-order valence-corrected chi connectivity index (χ4v) is 0.191. The first kappa shape index (κ1) is 12.0. The summed E-state index contributed by atoms with van der Waals surface area (Å²) in [6, 6.07) is 0. The maximum absolute atomic E-state index is 10.00. The summed E-state index contributed by atoms with van der Waals surface area (Å²) in [5.41, 5.74) is 0.102. The van der Waals surface area contributed by atoms with Crippen molar-refractivity contribution in [1.29, 1.82) is 0 Å². The summed E-state index contributed by atoms with van der Waals surface area (Å²) in [7, 11) is 3.27. The molecule has 60 valence electrons. The number of hydrogen-bond acceptors (Lipinski definition) is 2. The van der Waals surface area contributed by atoms with E-state index in [9.17, 15) is 4.79 Å². The molecule has 1 N–H and O–H groups in total. The molecule has 0 saturated heterocycles. The Morgan fingerprint density at radius 1 is 1.50 bits per heavy atom. The van der Waals surface area contributed by atoms with Gasteiger partial charge in [0, 0.05) is 20.5 Å². The topological polar surface area (TPSA) is 40.5 Å². The molecule has 0 spiro atoms. The van der Waals surface area contributed by atoms with Crippen LogP contribution in [0.3, 0.4) is 0 Å². The first-order chi connectivity index (χ1) is 4.55. The van der Waals surface area contributed by atoms with E-state index >= 15 is 0 Å². The second-order valence-electron chi connectivity index (χ2n) is 1.65. The summed E-state index contributed by atoms with van der Waals surface area (Å²) in [4.78, 5) is 11.4. The molecule has 0 radical (unpaired) electrons. The van der Waals surface area contributed by atoms with E-state index in [0.717, 1.165) is 0 Å². The summed E-state index contributed by atoms with van der Waals surface area (Å²) >= 11 is 4.64. The molecule has 0 saturated carbocycles. The summed E-state index contributed by atoms with van der Waals surface area (Å²) < 4.78 is 0. The zero-order chi connectivity index (χ0) is 8.73. The Balaban J connectivity index is 0. The van der Waals surface area contributed by atoms with Crippen molar-refractivity contribution in [3.8, 4) is 0 Å². The van der Waals surface area contributed by atoms with Crippen LogP contribution in [0.1, 0.15) is 0 Å². The Morgan fingerprint density at radius 3 is 1.80 bits per heavy atom. The van der Waals surface area contributed by atoms with Crippen molar-refractivity contribution in [2.45, 2.75) is 0 Å². The van der Waals surface area contributed by atoms with Gasteiger partial charge < -0.3 is 10.0 Å². The number of carbonyl (C=O) groups is 1. The Hall–Kier alpha value is -0.700. The first-order valence-corrected chi connectivity index (χ1v) is 3.28. The molecule has 0 heterocycles. The molecule has 0 amide bonds. The van der Waals surface area contributed by atoms with Crippen LogP contribution in [0.2, 0.25) is 0 Å². The van der Waals surface area contributed by atoms with Crippen LogP contribution >= 0.6 is 11.6 Å². The number of alkyl halides is 1. The molecule has 0 aliphatic heterocycles. The maximum atomic E-state index is 10.00. The number of carboxylic acid groups (broad SMARTS) is 1. The van der Waals surface area contributed by atoms with E-state index in [1.807, 2.05) is 0 Å². The van der Waals surface area contributed by atoms with Crippen LogP contribution in [0.25, 0.3) is 0 Å². The quantitative estimate of drug-likeness (QED) is 0.490. The number of hydrogen-bond donors (Lipinski definition) is 1. The lowest BCUT2D eigenvalue weighted by molar-refractivity contribution is -0.134. The smallest absolute Gasteiger partial charge is 0.351 e. The minimum absolute atomic E-state index is 0.102. The summed E-state index contributed by atoms with van der Waals surface area (Å²) in [6.07, 6.45) is 1.47. The lowest BCUT2D eigenvalue weighted by Crippen LogP contribution is -2.17. The fraction of sp³-hybridized carbons (Fsp3) is 0.500. The number of halogens is 1. The van der Waals surface area contributed by atoms with Crippen molar-refractivity contribution in [3.05, 3.63) is 12.3 Å². The molecule has 0 rings (SSSR count). The van der Waals surface area contributed by atoms with Crippen molar-refractivity contribution in [2.24, 2.45) is 0 Å². The predicted molar refractivity (Wildman–Crippen MR) is 42.2 cm³/mol. The number of carboxylic acids is 1. The molecule has 4 heteroatoms. The number of nitrogens with zero attached hydrogens (tertiary/aromatic N) is 1. The molecule has 0 aromatic heterocycles. The van der Waals surface area contributed by atoms with Gasteiger partial charge in [-0.25, -0.2) is 4.79 Å². The minimum atomic E-state index is -0.977. The van der Waals surface area contributed by atoms with Gasteiger partial charge in [-0.05, 0) is 0 Å². The van der Waals surface area contributed by atoms with Gasteiger partial charge in [0.15, 0.2) is 0 Å². The molecular weight excluding hydrogens is 154 g/mol. The van der Waals surface area contributed by atoms with E-state index in [4.69, 9.17) is 5.11 Å². The predicted octanol–water partition coefficient (Wildman–Crippen LogP) is 1.00. The molecule has 0 aliphatic rings. The fourth-order valence-electron chi connectivity index (χ4n) is 0.191. The van der Waals surface area contributed by atoms with Gasteiger partial charge in [0.05, 0.1) is 0 Å². The summed E-state index contributed by atoms with van der Waals surface area (Å²) in [5.74, 6) is -0.977. The summed E-state index contributed by atoms with van der Waals surface area (Å²) in [6.45, 7) is 3.28. The highest BCUT2D eigenvalue weighted by molar-refractivity contribution is 6.15. The molecule has 0 unspecified atom stereocenters. The maximum Gasteiger partial charge on any atom is 0.351 e. The zero-order valence-corrected chi connectivity index (χ0v) is 7.14. The van der Waals surface area contributed by atoms with Crippen molar-refractivity contribution >= 4 is 17.6 Å². The van der Waals surface area contributed by atoms with Gasteiger partial charge in [0.1, 0.15) is 5.70 Å². The van der Waals surface area contributed by atoms with E-state index in [-0.39, 0.29) is 5.70 Å². The Morgan fingerprint density at radius 2 is 1.80 bits per heavy atom. The molecule has 3 nitrogen and oxygen atoms in total. The van der Waals surface area contributed by atoms with E-state index in [0.29, 0.717) is 0 Å². The minimum Gasteiger partial charge on any atom is -0.477 e. The van der Waals surface area contributed by atoms with Crippen LogP contribution in [-0.2, 0) is 4.79 Å². The van der Waals surface area contributed by atoms with Gasteiger partial charge in [0.2, 0.25) is 0 Å². The van der Waals surface area contributed by atoms with Gasteiger partial charge >= 0.3 is 5.97 Å². The zero-order valence-electron chi connectivity index (χ0n) is 6.39. The SMILES string of the molecule is C=C(C(=O)O)N(C)C.CCl. The van der Waals surface area contributed by atoms with Crippen molar-refractivity contribution in [2.75, 3.05) is 20.5 Å². The third kappa shape index (κ3) is 5.44. The van der Waals surface area contributed by atoms with Crippen LogP contribution in [0, 0.1) is 0 Å². The average molecular weight is 166 g/mol. The third-order valence-corrected chi connectivity index (χ3v) is 0.787. The molecule has 0 fully saturated rings. The Kier molecular flexibility index (Phi) is 7.72. The normalized spacial score (nSPS) is 7.20. The number of rotatable bonds is 2. The average Bonchev–Trinajstić information content (AvgIpc) is 1.90. The standard InChI is InChI=1S/C5H9NO2.CH3Cl/c1-4(5(7)8)6(2)3;1-2/h1H2,2-3H3,(H,7,8);1H3. The van der Waals surface area contributed by atoms with Crippen LogP contribution < -0.4 is 0 Å². The molecular formula is C6H12ClNO2. The lowest BCUT2D eigenvalue weighted by atomic mass is 10.5. The van der Waals surface area contributed by atoms with Crippen LogP contribution in [0.4, 0.5) is 0 Å². The Bertz CT molecular complexity index is 123. The van der Waals surface area contributed by atoms with E-state index in [2.05, 4.69) is 18.2 Å².